The summed E-state index contributed by atoms with van der Waals surface area (Å²) >= 11 is 0. The summed E-state index contributed by atoms with van der Waals surface area (Å²) in [7, 11) is 1.82. The lowest BCUT2D eigenvalue weighted by Crippen LogP contribution is -2.24. The van der Waals surface area contributed by atoms with Crippen molar-refractivity contribution in [3.63, 3.8) is 0 Å². The van der Waals surface area contributed by atoms with Gasteiger partial charge in [-0.15, -0.1) is 0 Å². The second-order valence-electron chi connectivity index (χ2n) is 4.58. The van der Waals surface area contributed by atoms with E-state index >= 15 is 0 Å². The van der Waals surface area contributed by atoms with Gasteiger partial charge in [-0.1, -0.05) is 6.07 Å². The summed E-state index contributed by atoms with van der Waals surface area (Å²) < 4.78 is 15.3. The first-order valence-electron chi connectivity index (χ1n) is 6.01. The lowest BCUT2D eigenvalue weighted by atomic mass is 10.1. The molecule has 5 heteroatoms. The van der Waals surface area contributed by atoms with Crippen LogP contribution in [0.25, 0.3) is 0 Å². The maximum Gasteiger partial charge on any atom is 0.254 e. The van der Waals surface area contributed by atoms with Gasteiger partial charge < -0.3 is 5.32 Å². The van der Waals surface area contributed by atoms with Gasteiger partial charge in [0.05, 0.1) is 11.3 Å². The van der Waals surface area contributed by atoms with Crippen LogP contribution in [0.5, 0.6) is 0 Å². The molecule has 0 aliphatic rings. The first-order valence-corrected chi connectivity index (χ1v) is 6.01. The van der Waals surface area contributed by atoms with E-state index in [1.165, 1.54) is 12.1 Å². The molecule has 1 aromatic carbocycles. The summed E-state index contributed by atoms with van der Waals surface area (Å²) in [4.78, 5) is 11.9. The topological polar surface area (TPSA) is 46.9 Å². The van der Waals surface area contributed by atoms with Crippen LogP contribution in [0, 0.1) is 19.7 Å². The van der Waals surface area contributed by atoms with Crippen molar-refractivity contribution >= 4 is 5.91 Å². The van der Waals surface area contributed by atoms with E-state index < -0.39 is 11.7 Å². The number of nitrogens with one attached hydrogen (secondary N) is 1. The molecule has 0 spiro atoms. The Kier molecular flexibility index (Phi) is 3.64. The molecule has 0 radical (unpaired) electrons. The van der Waals surface area contributed by atoms with Gasteiger partial charge >= 0.3 is 0 Å². The number of amides is 1. The van der Waals surface area contributed by atoms with Crippen molar-refractivity contribution in [2.24, 2.45) is 7.05 Å². The van der Waals surface area contributed by atoms with Gasteiger partial charge in [0.1, 0.15) is 5.82 Å². The second kappa shape index (κ2) is 5.22. The van der Waals surface area contributed by atoms with Crippen LogP contribution in [-0.2, 0) is 13.6 Å². The molecule has 4 nitrogen and oxygen atoms in total. The van der Waals surface area contributed by atoms with Gasteiger partial charge in [0, 0.05) is 25.4 Å². The molecule has 2 aromatic rings. The van der Waals surface area contributed by atoms with Crippen LogP contribution in [0.4, 0.5) is 4.39 Å². The van der Waals surface area contributed by atoms with Crippen LogP contribution in [0.15, 0.2) is 24.4 Å². The molecule has 100 valence electrons. The quantitative estimate of drug-likeness (QED) is 0.919. The Morgan fingerprint density at radius 3 is 2.74 bits per heavy atom. The molecule has 1 aromatic heterocycles. The molecule has 0 fully saturated rings. The fourth-order valence-electron chi connectivity index (χ4n) is 1.90. The summed E-state index contributed by atoms with van der Waals surface area (Å²) in [5, 5.41) is 6.88. The molecule has 1 heterocycles. The first kappa shape index (κ1) is 13.3. The third kappa shape index (κ3) is 2.99. The largest absolute Gasteiger partial charge is 0.348 e. The maximum absolute atomic E-state index is 13.6. The van der Waals surface area contributed by atoms with Crippen molar-refractivity contribution in [1.29, 1.82) is 0 Å². The Labute approximate surface area is 111 Å². The van der Waals surface area contributed by atoms with Crippen LogP contribution >= 0.6 is 0 Å². The first-order chi connectivity index (χ1) is 8.97. The van der Waals surface area contributed by atoms with E-state index in [1.807, 2.05) is 20.2 Å². The molecule has 0 saturated carbocycles. The number of hydrogen-bond donors (Lipinski definition) is 1. The van der Waals surface area contributed by atoms with E-state index in [9.17, 15) is 9.18 Å². The minimum absolute atomic E-state index is 0.0622. The number of benzene rings is 1. The average molecular weight is 261 g/mol. The molecular formula is C14H16FN3O. The molecule has 0 bridgehead atoms. The van der Waals surface area contributed by atoms with Gasteiger partial charge in [-0.05, 0) is 31.5 Å². The maximum atomic E-state index is 13.6. The molecule has 1 N–H and O–H groups in total. The van der Waals surface area contributed by atoms with Crippen LogP contribution < -0.4 is 5.32 Å². The number of halogens is 1. The standard InChI is InChI=1S/C14H16FN3O/c1-9-4-5-12(13(15)6-9)14(19)16-7-11-8-18(3)17-10(11)2/h4-6,8H,7H2,1-3H3,(H,16,19). The van der Waals surface area contributed by atoms with Crippen molar-refractivity contribution < 1.29 is 9.18 Å². The van der Waals surface area contributed by atoms with Crippen LogP contribution in [-0.4, -0.2) is 15.7 Å². The average Bonchev–Trinajstić information content (AvgIpc) is 2.65. The van der Waals surface area contributed by atoms with Gasteiger partial charge in [-0.3, -0.25) is 9.48 Å². The number of carbonyl (C=O) groups is 1. The van der Waals surface area contributed by atoms with E-state index in [2.05, 4.69) is 10.4 Å². The molecule has 0 saturated heterocycles. The molecule has 1 amide bonds. The molecule has 19 heavy (non-hydrogen) atoms. The van der Waals surface area contributed by atoms with Crippen LogP contribution in [0.1, 0.15) is 27.2 Å². The zero-order valence-corrected chi connectivity index (χ0v) is 11.2. The summed E-state index contributed by atoms with van der Waals surface area (Å²) in [6, 6.07) is 4.56. The predicted molar refractivity (Wildman–Crippen MR) is 70.3 cm³/mol. The summed E-state index contributed by atoms with van der Waals surface area (Å²) in [6.45, 7) is 3.99. The van der Waals surface area contributed by atoms with E-state index in [0.29, 0.717) is 6.54 Å². The fourth-order valence-corrected chi connectivity index (χ4v) is 1.90. The highest BCUT2D eigenvalue weighted by atomic mass is 19.1. The number of nitrogens with zero attached hydrogens (tertiary/aromatic N) is 2. The van der Waals surface area contributed by atoms with Gasteiger partial charge in [-0.25, -0.2) is 4.39 Å². The van der Waals surface area contributed by atoms with Crippen LogP contribution in [0.2, 0.25) is 0 Å². The molecule has 0 aliphatic carbocycles. The zero-order chi connectivity index (χ0) is 14.0. The minimum atomic E-state index is -0.500. The highest BCUT2D eigenvalue weighted by molar-refractivity contribution is 5.94. The van der Waals surface area contributed by atoms with Crippen molar-refractivity contribution in [2.45, 2.75) is 20.4 Å². The Balaban J connectivity index is 2.07. The second-order valence-corrected chi connectivity index (χ2v) is 4.58. The van der Waals surface area contributed by atoms with Crippen molar-refractivity contribution in [2.75, 3.05) is 0 Å². The molecular weight excluding hydrogens is 245 g/mol. The Bertz CT molecular complexity index is 619. The smallest absolute Gasteiger partial charge is 0.254 e. The highest BCUT2D eigenvalue weighted by Gasteiger charge is 2.12. The zero-order valence-electron chi connectivity index (χ0n) is 11.2. The monoisotopic (exact) mass is 261 g/mol. The highest BCUT2D eigenvalue weighted by Crippen LogP contribution is 2.10. The molecule has 0 atom stereocenters. The van der Waals surface area contributed by atoms with E-state index in [1.54, 1.807) is 17.7 Å². The lowest BCUT2D eigenvalue weighted by molar-refractivity contribution is 0.0947. The summed E-state index contributed by atoms with van der Waals surface area (Å²) in [5.74, 6) is -0.916. The number of rotatable bonds is 3. The number of carbonyl (C=O) groups excluding carboxylic acids is 1. The van der Waals surface area contributed by atoms with E-state index in [0.717, 1.165) is 16.8 Å². The predicted octanol–water partition coefficient (Wildman–Crippen LogP) is 2.11. The van der Waals surface area contributed by atoms with E-state index in [-0.39, 0.29) is 5.56 Å². The van der Waals surface area contributed by atoms with Gasteiger partial charge in [0.2, 0.25) is 0 Å². The minimum Gasteiger partial charge on any atom is -0.348 e. The molecule has 0 aliphatic heterocycles. The third-order valence-electron chi connectivity index (χ3n) is 2.92. The van der Waals surface area contributed by atoms with Crippen molar-refractivity contribution in [1.82, 2.24) is 15.1 Å². The molecule has 2 rings (SSSR count). The summed E-state index contributed by atoms with van der Waals surface area (Å²) in [5.41, 5.74) is 2.62. The van der Waals surface area contributed by atoms with Crippen LogP contribution in [0.3, 0.4) is 0 Å². The Morgan fingerprint density at radius 2 is 2.16 bits per heavy atom. The normalized spacial score (nSPS) is 10.5. The molecule has 0 unspecified atom stereocenters. The summed E-state index contributed by atoms with van der Waals surface area (Å²) in [6.07, 6.45) is 1.83. The number of aryl methyl sites for hydroxylation is 3. The van der Waals surface area contributed by atoms with Gasteiger partial charge in [-0.2, -0.15) is 5.10 Å². The number of aromatic nitrogens is 2. The Morgan fingerprint density at radius 1 is 1.42 bits per heavy atom. The SMILES string of the molecule is Cc1ccc(C(=O)NCc2cn(C)nc2C)c(F)c1. The fraction of sp³-hybridized carbons (Fsp3) is 0.286. The number of hydrogen-bond acceptors (Lipinski definition) is 2. The van der Waals surface area contributed by atoms with Gasteiger partial charge in [0.25, 0.3) is 5.91 Å². The third-order valence-corrected chi connectivity index (χ3v) is 2.92. The van der Waals surface area contributed by atoms with Crippen molar-refractivity contribution in [3.8, 4) is 0 Å². The van der Waals surface area contributed by atoms with Crippen molar-refractivity contribution in [3.05, 3.63) is 52.6 Å². The van der Waals surface area contributed by atoms with Gasteiger partial charge in [0.15, 0.2) is 0 Å². The van der Waals surface area contributed by atoms with E-state index in [4.69, 9.17) is 0 Å². The Hall–Kier alpha value is -2.17. The lowest BCUT2D eigenvalue weighted by Gasteiger charge is -2.06.